The lowest BCUT2D eigenvalue weighted by Gasteiger charge is -2.11. The van der Waals surface area contributed by atoms with Crippen molar-refractivity contribution in [3.05, 3.63) is 39.8 Å². The van der Waals surface area contributed by atoms with Crippen LogP contribution in [0.3, 0.4) is 0 Å². The summed E-state index contributed by atoms with van der Waals surface area (Å²) in [6.07, 6.45) is 0. The lowest BCUT2D eigenvalue weighted by molar-refractivity contribution is -0.389. The molecule has 0 atom stereocenters. The average Bonchev–Trinajstić information content (AvgIpc) is 2.86. The number of benzene rings is 1. The molecular weight excluding hydrogens is 266 g/mol. The molecule has 0 spiro atoms. The summed E-state index contributed by atoms with van der Waals surface area (Å²) in [6.45, 7) is 0. The zero-order valence-corrected chi connectivity index (χ0v) is 11.2. The summed E-state index contributed by atoms with van der Waals surface area (Å²) in [6, 6.07) is 7.47. The highest BCUT2D eigenvalue weighted by Crippen LogP contribution is 2.26. The van der Waals surface area contributed by atoms with E-state index >= 15 is 0 Å². The van der Waals surface area contributed by atoms with Crippen LogP contribution in [0.15, 0.2) is 39.9 Å². The van der Waals surface area contributed by atoms with Gasteiger partial charge in [0.2, 0.25) is 0 Å². The molecule has 0 amide bonds. The summed E-state index contributed by atoms with van der Waals surface area (Å²) in [4.78, 5) is 15.6. The van der Waals surface area contributed by atoms with Crippen LogP contribution in [0.4, 0.5) is 22.3 Å². The average molecular weight is 277 g/mol. The second kappa shape index (κ2) is 5.53. The van der Waals surface area contributed by atoms with E-state index in [0.29, 0.717) is 5.69 Å². The van der Waals surface area contributed by atoms with Gasteiger partial charge in [-0.15, -0.1) is 5.11 Å². The Labute approximate surface area is 113 Å². The number of rotatable bonds is 4. The fourth-order valence-corrected chi connectivity index (χ4v) is 1.89. The molecule has 1 heterocycles. The van der Waals surface area contributed by atoms with Crippen molar-refractivity contribution in [2.45, 2.75) is 0 Å². The van der Waals surface area contributed by atoms with Crippen molar-refractivity contribution < 1.29 is 4.92 Å². The van der Waals surface area contributed by atoms with Gasteiger partial charge in [0.05, 0.1) is 11.1 Å². The van der Waals surface area contributed by atoms with Gasteiger partial charge in [0.1, 0.15) is 0 Å². The van der Waals surface area contributed by atoms with Crippen molar-refractivity contribution in [1.29, 1.82) is 0 Å². The highest BCUT2D eigenvalue weighted by Gasteiger charge is 2.12. The molecule has 2 rings (SSSR count). The molecule has 2 aromatic rings. The summed E-state index contributed by atoms with van der Waals surface area (Å²) in [5.41, 5.74) is 1.73. The molecule has 8 heteroatoms. The molecule has 0 radical (unpaired) electrons. The van der Waals surface area contributed by atoms with Crippen LogP contribution < -0.4 is 4.90 Å². The van der Waals surface area contributed by atoms with Crippen LogP contribution >= 0.6 is 11.3 Å². The molecule has 0 bridgehead atoms. The quantitative estimate of drug-likeness (QED) is 0.486. The fourth-order valence-electron chi connectivity index (χ4n) is 1.30. The molecule has 19 heavy (non-hydrogen) atoms. The molecule has 0 saturated carbocycles. The maximum atomic E-state index is 10.5. The Hall–Kier alpha value is -2.35. The molecule has 1 aromatic carbocycles. The van der Waals surface area contributed by atoms with Gasteiger partial charge in [-0.2, -0.15) is 0 Å². The Morgan fingerprint density at radius 2 is 1.95 bits per heavy atom. The first-order valence-corrected chi connectivity index (χ1v) is 6.23. The lowest BCUT2D eigenvalue weighted by Crippen LogP contribution is -2.07. The Kier molecular flexibility index (Phi) is 3.81. The Morgan fingerprint density at radius 1 is 1.26 bits per heavy atom. The number of hydrogen-bond donors (Lipinski definition) is 0. The first-order chi connectivity index (χ1) is 9.06. The van der Waals surface area contributed by atoms with Gasteiger partial charge in [0.15, 0.2) is 0 Å². The standard InChI is InChI=1S/C11H11N5O2S/c1-15(2)9-5-3-8(4-6-9)13-14-11-12-10(7-19-11)16(17)18/h3-7H,1-2H3. The summed E-state index contributed by atoms with van der Waals surface area (Å²) in [5.74, 6) is -0.207. The largest absolute Gasteiger partial charge is 0.378 e. The summed E-state index contributed by atoms with van der Waals surface area (Å²) >= 11 is 1.08. The van der Waals surface area contributed by atoms with Gasteiger partial charge in [-0.05, 0) is 34.2 Å². The predicted molar refractivity (Wildman–Crippen MR) is 73.7 cm³/mol. The van der Waals surface area contributed by atoms with Gasteiger partial charge in [-0.3, -0.25) is 0 Å². The predicted octanol–water partition coefficient (Wildman–Crippen LogP) is 3.53. The van der Waals surface area contributed by atoms with Gasteiger partial charge < -0.3 is 15.0 Å². The minimum atomic E-state index is -0.554. The maximum Gasteiger partial charge on any atom is 0.377 e. The van der Waals surface area contributed by atoms with Gasteiger partial charge in [0, 0.05) is 19.8 Å². The van der Waals surface area contributed by atoms with Gasteiger partial charge in [-0.1, -0.05) is 16.5 Å². The van der Waals surface area contributed by atoms with E-state index in [1.54, 1.807) is 0 Å². The Morgan fingerprint density at radius 3 is 2.47 bits per heavy atom. The molecule has 0 aliphatic rings. The maximum absolute atomic E-state index is 10.5. The van der Waals surface area contributed by atoms with Crippen molar-refractivity contribution in [1.82, 2.24) is 4.98 Å². The van der Waals surface area contributed by atoms with Crippen LogP contribution in [0.5, 0.6) is 0 Å². The van der Waals surface area contributed by atoms with Crippen LogP contribution in [0.2, 0.25) is 0 Å². The number of hydrogen-bond acceptors (Lipinski definition) is 7. The van der Waals surface area contributed by atoms with Gasteiger partial charge in [-0.25, -0.2) is 0 Å². The SMILES string of the molecule is CN(C)c1ccc(N=Nc2nc([N+](=O)[O-])cs2)cc1. The molecule has 0 N–H and O–H groups in total. The van der Waals surface area contributed by atoms with Gasteiger partial charge in [0.25, 0.3) is 0 Å². The molecule has 98 valence electrons. The zero-order valence-electron chi connectivity index (χ0n) is 10.3. The third kappa shape index (κ3) is 3.32. The monoisotopic (exact) mass is 277 g/mol. The minimum Gasteiger partial charge on any atom is -0.378 e. The molecule has 0 unspecified atom stereocenters. The third-order valence-electron chi connectivity index (χ3n) is 2.28. The molecule has 1 aromatic heterocycles. The topological polar surface area (TPSA) is 84.0 Å². The summed E-state index contributed by atoms with van der Waals surface area (Å²) < 4.78 is 0. The van der Waals surface area contributed by atoms with E-state index in [0.717, 1.165) is 17.0 Å². The van der Waals surface area contributed by atoms with Crippen molar-refractivity contribution in [2.75, 3.05) is 19.0 Å². The van der Waals surface area contributed by atoms with Crippen molar-refractivity contribution in [3.8, 4) is 0 Å². The van der Waals surface area contributed by atoms with Crippen LogP contribution in [0.25, 0.3) is 0 Å². The van der Waals surface area contributed by atoms with Crippen molar-refractivity contribution in [3.63, 3.8) is 0 Å². The third-order valence-corrected chi connectivity index (χ3v) is 3.00. The van der Waals surface area contributed by atoms with E-state index in [1.165, 1.54) is 5.38 Å². The molecule has 7 nitrogen and oxygen atoms in total. The van der Waals surface area contributed by atoms with E-state index in [4.69, 9.17) is 0 Å². The molecule has 0 aliphatic heterocycles. The Bertz CT molecular complexity index is 606. The summed E-state index contributed by atoms with van der Waals surface area (Å²) in [5, 5.41) is 19.9. The summed E-state index contributed by atoms with van der Waals surface area (Å²) in [7, 11) is 3.90. The Balaban J connectivity index is 2.11. The molecular formula is C11H11N5O2S. The van der Waals surface area contributed by atoms with E-state index in [2.05, 4.69) is 15.2 Å². The van der Waals surface area contributed by atoms with Crippen LogP contribution in [-0.4, -0.2) is 24.0 Å². The van der Waals surface area contributed by atoms with E-state index < -0.39 is 4.92 Å². The number of nitro groups is 1. The smallest absolute Gasteiger partial charge is 0.377 e. The first kappa shape index (κ1) is 13.1. The molecule has 0 fully saturated rings. The lowest BCUT2D eigenvalue weighted by atomic mass is 10.3. The first-order valence-electron chi connectivity index (χ1n) is 5.35. The second-order valence-corrected chi connectivity index (χ2v) is 4.69. The highest BCUT2D eigenvalue weighted by molar-refractivity contribution is 7.13. The van der Waals surface area contributed by atoms with Crippen LogP contribution in [0.1, 0.15) is 0 Å². The second-order valence-electron chi connectivity index (χ2n) is 3.86. The van der Waals surface area contributed by atoms with Crippen LogP contribution in [-0.2, 0) is 0 Å². The van der Waals surface area contributed by atoms with Gasteiger partial charge >= 0.3 is 10.9 Å². The minimum absolute atomic E-state index is 0.207. The fraction of sp³-hybridized carbons (Fsp3) is 0.182. The van der Waals surface area contributed by atoms with E-state index in [-0.39, 0.29) is 10.9 Å². The van der Waals surface area contributed by atoms with E-state index in [9.17, 15) is 10.1 Å². The van der Waals surface area contributed by atoms with E-state index in [1.807, 2.05) is 43.3 Å². The normalized spacial score (nSPS) is 10.8. The van der Waals surface area contributed by atoms with Crippen LogP contribution in [0, 0.1) is 10.1 Å². The number of nitrogens with zero attached hydrogens (tertiary/aromatic N) is 5. The highest BCUT2D eigenvalue weighted by atomic mass is 32.1. The van der Waals surface area contributed by atoms with Crippen molar-refractivity contribution >= 4 is 33.7 Å². The molecule has 0 aliphatic carbocycles. The number of aromatic nitrogens is 1. The zero-order chi connectivity index (χ0) is 13.8. The number of azo groups is 1. The molecule has 0 saturated heterocycles. The number of anilines is 1. The number of thiazole rings is 1. The van der Waals surface area contributed by atoms with Crippen molar-refractivity contribution in [2.24, 2.45) is 10.2 Å².